The number of benzene rings is 2. The summed E-state index contributed by atoms with van der Waals surface area (Å²) >= 11 is 18.7. The van der Waals surface area contributed by atoms with Crippen LogP contribution in [0.25, 0.3) is 0 Å². The number of nitriles is 2. The first-order valence-electron chi connectivity index (χ1n) is 12.9. The Bertz CT molecular complexity index is 1810. The molecular formula is C31H26Br2Cl2N4O4. The molecule has 12 heteroatoms. The first kappa shape index (κ1) is 34.0. The van der Waals surface area contributed by atoms with Crippen LogP contribution in [0.15, 0.2) is 50.1 Å². The monoisotopic (exact) mass is 746 g/mol. The minimum absolute atomic E-state index is 0.262. The van der Waals surface area contributed by atoms with Crippen molar-refractivity contribution in [1.82, 2.24) is 9.97 Å². The van der Waals surface area contributed by atoms with E-state index in [0.717, 1.165) is 28.9 Å². The number of aromatic nitrogens is 2. The van der Waals surface area contributed by atoms with Gasteiger partial charge in [0.05, 0.1) is 30.4 Å². The minimum atomic E-state index is -0.262. The first-order valence-corrected chi connectivity index (χ1v) is 15.2. The predicted molar refractivity (Wildman–Crippen MR) is 174 cm³/mol. The molecule has 0 amide bonds. The van der Waals surface area contributed by atoms with E-state index in [0.29, 0.717) is 65.4 Å². The van der Waals surface area contributed by atoms with Crippen molar-refractivity contribution in [3.8, 4) is 41.0 Å². The molecule has 2 aromatic carbocycles. The van der Waals surface area contributed by atoms with E-state index in [4.69, 9.17) is 47.9 Å². The zero-order valence-electron chi connectivity index (χ0n) is 23.9. The summed E-state index contributed by atoms with van der Waals surface area (Å²) in [7, 11) is 1.55. The van der Waals surface area contributed by atoms with Crippen LogP contribution in [-0.4, -0.2) is 17.1 Å². The highest BCUT2D eigenvalue weighted by molar-refractivity contribution is 9.11. The molecule has 0 aliphatic rings. The normalized spacial score (nSPS) is 10.2. The number of halogens is 4. The highest BCUT2D eigenvalue weighted by Crippen LogP contribution is 2.41. The van der Waals surface area contributed by atoms with Gasteiger partial charge in [-0.1, -0.05) is 37.0 Å². The van der Waals surface area contributed by atoms with Crippen molar-refractivity contribution in [3.05, 3.63) is 99.4 Å². The Labute approximate surface area is 276 Å². The molecule has 0 spiro atoms. The average Bonchev–Trinajstić information content (AvgIpc) is 2.97. The largest absolute Gasteiger partial charge is 0.480 e. The second kappa shape index (κ2) is 15.3. The lowest BCUT2D eigenvalue weighted by molar-refractivity contribution is 0.386. The predicted octanol–water partition coefficient (Wildman–Crippen LogP) is 9.37. The van der Waals surface area contributed by atoms with Gasteiger partial charge in [0.1, 0.15) is 20.4 Å². The van der Waals surface area contributed by atoms with Gasteiger partial charge in [-0.15, -0.1) is 0 Å². The van der Waals surface area contributed by atoms with Gasteiger partial charge in [-0.05, 0) is 94.9 Å². The van der Waals surface area contributed by atoms with Gasteiger partial charge in [-0.3, -0.25) is 4.79 Å². The standard InChI is InChI=1S/C16H14BrClN2O2.C15H12BrClN2O2/c1-4-13-9(2)20-16(21-3)14(17)15(13)22-12-6-10(8-19)5-11(18)7-12;1-3-12-8(2)19-15(20)13(16)14(12)21-11-5-9(7-18)4-10(17)6-11/h5-7H,4H2,1-3H3;4-6H,3H2,1-2H3,(H,19,20). The summed E-state index contributed by atoms with van der Waals surface area (Å²) in [5.41, 5.74) is 4.01. The van der Waals surface area contributed by atoms with E-state index in [9.17, 15) is 4.79 Å². The second-order valence-corrected chi connectivity index (χ2v) is 11.5. The number of hydrogen-bond acceptors (Lipinski definition) is 7. The Morgan fingerprint density at radius 2 is 1.33 bits per heavy atom. The number of rotatable bonds is 7. The molecule has 4 aromatic rings. The minimum Gasteiger partial charge on any atom is -0.480 e. The van der Waals surface area contributed by atoms with Crippen LogP contribution in [0.2, 0.25) is 10.0 Å². The summed E-state index contributed by atoms with van der Waals surface area (Å²) in [4.78, 5) is 19.0. The van der Waals surface area contributed by atoms with Crippen molar-refractivity contribution in [2.75, 3.05) is 7.11 Å². The summed E-state index contributed by atoms with van der Waals surface area (Å²) < 4.78 is 18.0. The van der Waals surface area contributed by atoms with Crippen LogP contribution in [0.4, 0.5) is 0 Å². The number of pyridine rings is 2. The summed E-state index contributed by atoms with van der Waals surface area (Å²) in [6.07, 6.45) is 1.45. The van der Waals surface area contributed by atoms with Crippen LogP contribution in [0, 0.1) is 36.5 Å². The number of nitrogens with one attached hydrogen (secondary N) is 1. The number of H-pyrrole nitrogens is 1. The smallest absolute Gasteiger partial charge is 0.266 e. The van der Waals surface area contributed by atoms with Crippen LogP contribution in [0.1, 0.15) is 47.5 Å². The second-order valence-electron chi connectivity index (χ2n) is 9.01. The molecule has 0 saturated heterocycles. The fourth-order valence-electron chi connectivity index (χ4n) is 4.17. The van der Waals surface area contributed by atoms with E-state index < -0.39 is 0 Å². The fourth-order valence-corrected chi connectivity index (χ4v) is 5.61. The summed E-state index contributed by atoms with van der Waals surface area (Å²) in [5.74, 6) is 2.43. The SMILES string of the molecule is CCc1c(C)[nH]c(=O)c(Br)c1Oc1cc(Cl)cc(C#N)c1.CCc1c(C)nc(OC)c(Br)c1Oc1cc(Cl)cc(C#N)c1. The van der Waals surface area contributed by atoms with E-state index in [2.05, 4.69) is 47.9 Å². The van der Waals surface area contributed by atoms with Crippen LogP contribution in [0.5, 0.6) is 28.9 Å². The Hall–Kier alpha value is -3.54. The molecule has 0 atom stereocenters. The molecule has 0 aliphatic heterocycles. The molecule has 0 bridgehead atoms. The summed E-state index contributed by atoms with van der Waals surface area (Å²) in [5, 5.41) is 18.8. The average molecular weight is 749 g/mol. The van der Waals surface area contributed by atoms with E-state index in [-0.39, 0.29) is 5.56 Å². The number of methoxy groups -OCH3 is 1. The van der Waals surface area contributed by atoms with Crippen molar-refractivity contribution in [2.24, 2.45) is 0 Å². The molecular weight excluding hydrogens is 723 g/mol. The maximum atomic E-state index is 11.8. The van der Waals surface area contributed by atoms with Gasteiger partial charge < -0.3 is 19.2 Å². The van der Waals surface area contributed by atoms with Gasteiger partial charge in [0.2, 0.25) is 5.88 Å². The molecule has 0 radical (unpaired) electrons. The third-order valence-corrected chi connectivity index (χ3v) is 7.99. The molecule has 0 unspecified atom stereocenters. The number of nitrogens with zero attached hydrogens (tertiary/aromatic N) is 3. The molecule has 0 aliphatic carbocycles. The lowest BCUT2D eigenvalue weighted by Gasteiger charge is -2.16. The van der Waals surface area contributed by atoms with Crippen molar-refractivity contribution < 1.29 is 14.2 Å². The van der Waals surface area contributed by atoms with Crippen molar-refractivity contribution in [2.45, 2.75) is 40.5 Å². The maximum absolute atomic E-state index is 11.8. The fraction of sp³-hybridized carbons (Fsp3) is 0.226. The summed E-state index contributed by atoms with van der Waals surface area (Å²) in [6.45, 7) is 7.71. The van der Waals surface area contributed by atoms with Crippen molar-refractivity contribution in [1.29, 1.82) is 10.5 Å². The van der Waals surface area contributed by atoms with Gasteiger partial charge in [-0.2, -0.15) is 10.5 Å². The van der Waals surface area contributed by atoms with Crippen molar-refractivity contribution >= 4 is 55.1 Å². The molecule has 2 heterocycles. The lowest BCUT2D eigenvalue weighted by atomic mass is 10.1. The van der Waals surface area contributed by atoms with E-state index >= 15 is 0 Å². The Kier molecular flexibility index (Phi) is 12.1. The third kappa shape index (κ3) is 8.31. The molecule has 2 aromatic heterocycles. The van der Waals surface area contributed by atoms with Crippen LogP contribution in [0.3, 0.4) is 0 Å². The summed E-state index contributed by atoms with van der Waals surface area (Å²) in [6, 6.07) is 13.7. The number of hydrogen-bond donors (Lipinski definition) is 1. The molecule has 0 saturated carbocycles. The van der Waals surface area contributed by atoms with Gasteiger partial charge in [0.25, 0.3) is 5.56 Å². The van der Waals surface area contributed by atoms with E-state index in [1.54, 1.807) is 43.5 Å². The zero-order valence-corrected chi connectivity index (χ0v) is 28.5. The third-order valence-electron chi connectivity index (χ3n) is 6.13. The zero-order chi connectivity index (χ0) is 31.8. The molecule has 4 rings (SSSR count). The molecule has 8 nitrogen and oxygen atoms in total. The lowest BCUT2D eigenvalue weighted by Crippen LogP contribution is -2.12. The highest BCUT2D eigenvalue weighted by atomic mass is 79.9. The Morgan fingerprint density at radius 1 is 0.837 bits per heavy atom. The molecule has 0 fully saturated rings. The van der Waals surface area contributed by atoms with E-state index in [1.165, 1.54) is 0 Å². The van der Waals surface area contributed by atoms with Crippen LogP contribution in [-0.2, 0) is 12.8 Å². The Morgan fingerprint density at radius 3 is 1.77 bits per heavy atom. The first-order chi connectivity index (χ1) is 20.4. The quantitative estimate of drug-likeness (QED) is 0.200. The van der Waals surface area contributed by atoms with Gasteiger partial charge in [0, 0.05) is 32.6 Å². The van der Waals surface area contributed by atoms with Gasteiger partial charge >= 0.3 is 0 Å². The highest BCUT2D eigenvalue weighted by Gasteiger charge is 2.19. The van der Waals surface area contributed by atoms with Crippen molar-refractivity contribution in [3.63, 3.8) is 0 Å². The number of aromatic amines is 1. The van der Waals surface area contributed by atoms with Gasteiger partial charge in [-0.25, -0.2) is 4.98 Å². The van der Waals surface area contributed by atoms with Crippen LogP contribution < -0.4 is 19.8 Å². The number of ether oxygens (including phenoxy) is 3. The Balaban J connectivity index is 0.000000236. The van der Waals surface area contributed by atoms with Gasteiger partial charge in [0.15, 0.2) is 11.5 Å². The van der Waals surface area contributed by atoms with Crippen LogP contribution >= 0.6 is 55.1 Å². The number of aryl methyl sites for hydroxylation is 2. The topological polar surface area (TPSA) is 121 Å². The van der Waals surface area contributed by atoms with E-state index in [1.807, 2.05) is 33.8 Å². The molecule has 222 valence electrons. The molecule has 1 N–H and O–H groups in total. The maximum Gasteiger partial charge on any atom is 0.266 e. The molecule has 43 heavy (non-hydrogen) atoms.